The second kappa shape index (κ2) is 14.5. The number of carbonyl (C=O) groups excluding carboxylic acids is 3. The molecule has 4 unspecified atom stereocenters. The van der Waals surface area contributed by atoms with Crippen LogP contribution in [0.4, 0.5) is 0 Å². The van der Waals surface area contributed by atoms with Crippen LogP contribution < -0.4 is 27.0 Å². The Morgan fingerprint density at radius 3 is 2.26 bits per heavy atom. The lowest BCUT2D eigenvalue weighted by atomic mass is 10.0. The molecule has 1 aromatic carbocycles. The predicted octanol–water partition coefficient (Wildman–Crippen LogP) is -0.715. The Kier molecular flexibility index (Phi) is 11.8. The maximum absolute atomic E-state index is 13.2. The highest BCUT2D eigenvalue weighted by Gasteiger charge is 2.31. The number of carboxylic acid groups (broad SMARTS) is 1. The zero-order chi connectivity index (χ0) is 25.8. The van der Waals surface area contributed by atoms with Gasteiger partial charge in [0.1, 0.15) is 23.9 Å². The normalized spacial score (nSPS) is 17.7. The Morgan fingerprint density at radius 2 is 1.69 bits per heavy atom. The quantitative estimate of drug-likeness (QED) is 0.119. The average molecular weight is 510 g/mol. The summed E-state index contributed by atoms with van der Waals surface area (Å²) in [5.74, 6) is -2.87. The van der Waals surface area contributed by atoms with Crippen molar-refractivity contribution in [3.8, 4) is 5.75 Å². The predicted molar refractivity (Wildman–Crippen MR) is 133 cm³/mol. The molecule has 35 heavy (non-hydrogen) atoms. The van der Waals surface area contributed by atoms with Gasteiger partial charge in [0, 0.05) is 12.2 Å². The van der Waals surface area contributed by atoms with E-state index in [1.807, 2.05) is 0 Å². The van der Waals surface area contributed by atoms with E-state index >= 15 is 0 Å². The minimum absolute atomic E-state index is 0.0444. The Balaban J connectivity index is 2.18. The highest BCUT2D eigenvalue weighted by Crippen LogP contribution is 2.13. The van der Waals surface area contributed by atoms with Gasteiger partial charge in [0.25, 0.3) is 0 Å². The first kappa shape index (κ1) is 28.4. The number of phenolic OH excluding ortho intramolecular Hbond substituents is 1. The van der Waals surface area contributed by atoms with Gasteiger partial charge in [-0.3, -0.25) is 14.4 Å². The van der Waals surface area contributed by atoms with E-state index in [0.717, 1.165) is 13.0 Å². The van der Waals surface area contributed by atoms with Gasteiger partial charge < -0.3 is 37.2 Å². The van der Waals surface area contributed by atoms with Crippen LogP contribution in [0.3, 0.4) is 0 Å². The van der Waals surface area contributed by atoms with Crippen molar-refractivity contribution in [1.82, 2.24) is 21.3 Å². The monoisotopic (exact) mass is 509 g/mol. The molecule has 1 heterocycles. The summed E-state index contributed by atoms with van der Waals surface area (Å²) in [5, 5.41) is 29.7. The number of nitrogens with two attached hydrogens (primary N) is 1. The van der Waals surface area contributed by atoms with Crippen LogP contribution in [-0.2, 0) is 25.6 Å². The number of unbranched alkanes of at least 4 members (excludes halogenated alkanes) is 1. The number of rotatable bonds is 14. The molecule has 0 spiro atoms. The SMILES string of the molecule is NCCCCC(NC(=O)C1CCCN1)C(=O)NC(Cc1ccc(O)cc1)C(=O)NC(CS)C(=O)O. The standard InChI is InChI=1S/C23H35N5O6S/c24-10-2-1-4-17(26-20(30)16-5-3-11-25-16)21(31)27-18(12-14-6-8-15(29)9-7-14)22(32)28-19(13-35)23(33)34/h6-9,16-19,25,29,35H,1-5,10-13,24H2,(H,26,30)(H,27,31)(H,28,32)(H,33,34). The molecule has 11 nitrogen and oxygen atoms in total. The number of phenols is 1. The van der Waals surface area contributed by atoms with E-state index in [4.69, 9.17) is 5.73 Å². The summed E-state index contributed by atoms with van der Waals surface area (Å²) in [4.78, 5) is 50.2. The zero-order valence-electron chi connectivity index (χ0n) is 19.5. The maximum atomic E-state index is 13.2. The first-order valence-corrected chi connectivity index (χ1v) is 12.3. The van der Waals surface area contributed by atoms with Gasteiger partial charge >= 0.3 is 5.97 Å². The van der Waals surface area contributed by atoms with E-state index in [2.05, 4.69) is 33.9 Å². The fourth-order valence-corrected chi connectivity index (χ4v) is 4.00. The van der Waals surface area contributed by atoms with Crippen LogP contribution in [0.25, 0.3) is 0 Å². The lowest BCUT2D eigenvalue weighted by molar-refractivity contribution is -0.141. The van der Waals surface area contributed by atoms with E-state index in [9.17, 15) is 29.4 Å². The largest absolute Gasteiger partial charge is 0.508 e. The molecular formula is C23H35N5O6S. The summed E-state index contributed by atoms with van der Waals surface area (Å²) in [6, 6.07) is 2.48. The summed E-state index contributed by atoms with van der Waals surface area (Å²) in [6.07, 6.45) is 3.19. The second-order valence-corrected chi connectivity index (χ2v) is 8.87. The lowest BCUT2D eigenvalue weighted by Gasteiger charge is -2.25. The second-order valence-electron chi connectivity index (χ2n) is 8.51. The first-order valence-electron chi connectivity index (χ1n) is 11.7. The van der Waals surface area contributed by atoms with Crippen molar-refractivity contribution in [3.05, 3.63) is 29.8 Å². The van der Waals surface area contributed by atoms with Gasteiger partial charge in [-0.05, 0) is 62.9 Å². The van der Waals surface area contributed by atoms with E-state index in [1.54, 1.807) is 12.1 Å². The molecule has 0 aromatic heterocycles. The van der Waals surface area contributed by atoms with Crippen LogP contribution in [-0.4, -0.2) is 76.9 Å². The summed E-state index contributed by atoms with van der Waals surface area (Å²) < 4.78 is 0. The molecule has 3 amide bonds. The van der Waals surface area contributed by atoms with Crippen LogP contribution in [0.5, 0.6) is 5.75 Å². The molecule has 194 valence electrons. The van der Waals surface area contributed by atoms with Crippen molar-refractivity contribution >= 4 is 36.3 Å². The third-order valence-electron chi connectivity index (χ3n) is 5.76. The summed E-state index contributed by atoms with van der Waals surface area (Å²) in [5.41, 5.74) is 6.21. The molecule has 1 aliphatic rings. The molecule has 1 aromatic rings. The Hall–Kier alpha value is -2.83. The van der Waals surface area contributed by atoms with Gasteiger partial charge in [-0.1, -0.05) is 12.1 Å². The Bertz CT molecular complexity index is 862. The van der Waals surface area contributed by atoms with E-state index in [0.29, 0.717) is 37.8 Å². The van der Waals surface area contributed by atoms with Crippen molar-refractivity contribution in [2.75, 3.05) is 18.8 Å². The number of nitrogens with one attached hydrogen (secondary N) is 4. The van der Waals surface area contributed by atoms with Crippen LogP contribution in [0.15, 0.2) is 24.3 Å². The highest BCUT2D eigenvalue weighted by molar-refractivity contribution is 7.80. The number of carboxylic acids is 1. The lowest BCUT2D eigenvalue weighted by Crippen LogP contribution is -2.57. The van der Waals surface area contributed by atoms with Gasteiger partial charge in [0.2, 0.25) is 17.7 Å². The molecule has 4 atom stereocenters. The molecule has 0 radical (unpaired) electrons. The van der Waals surface area contributed by atoms with E-state index < -0.39 is 35.9 Å². The van der Waals surface area contributed by atoms with Crippen molar-refractivity contribution < 1.29 is 29.4 Å². The number of hydrogen-bond donors (Lipinski definition) is 8. The number of aliphatic carboxylic acids is 1. The third kappa shape index (κ3) is 9.38. The molecule has 8 N–H and O–H groups in total. The average Bonchev–Trinajstić information content (AvgIpc) is 3.37. The minimum Gasteiger partial charge on any atom is -0.508 e. The van der Waals surface area contributed by atoms with Gasteiger partial charge in [-0.2, -0.15) is 12.6 Å². The third-order valence-corrected chi connectivity index (χ3v) is 6.13. The van der Waals surface area contributed by atoms with Crippen molar-refractivity contribution in [2.45, 2.75) is 62.7 Å². The fraction of sp³-hybridized carbons (Fsp3) is 0.565. The van der Waals surface area contributed by atoms with Crippen LogP contribution in [0.1, 0.15) is 37.7 Å². The number of benzene rings is 1. The molecular weight excluding hydrogens is 474 g/mol. The van der Waals surface area contributed by atoms with Gasteiger partial charge in [0.15, 0.2) is 0 Å². The van der Waals surface area contributed by atoms with Gasteiger partial charge in [-0.15, -0.1) is 0 Å². The Labute approximate surface area is 210 Å². The summed E-state index contributed by atoms with van der Waals surface area (Å²) >= 11 is 3.96. The van der Waals surface area contributed by atoms with Crippen molar-refractivity contribution in [2.24, 2.45) is 5.73 Å². The number of thiol groups is 1. The molecule has 0 saturated carbocycles. The molecule has 1 fully saturated rings. The fourth-order valence-electron chi connectivity index (χ4n) is 3.75. The zero-order valence-corrected chi connectivity index (χ0v) is 20.4. The van der Waals surface area contributed by atoms with Gasteiger partial charge in [-0.25, -0.2) is 4.79 Å². The summed E-state index contributed by atoms with van der Waals surface area (Å²) in [6.45, 7) is 1.17. The van der Waals surface area contributed by atoms with Crippen molar-refractivity contribution in [3.63, 3.8) is 0 Å². The number of hydrogen-bond acceptors (Lipinski definition) is 8. The van der Waals surface area contributed by atoms with Crippen LogP contribution in [0, 0.1) is 0 Å². The van der Waals surface area contributed by atoms with E-state index in [1.165, 1.54) is 12.1 Å². The number of aromatic hydroxyl groups is 1. The molecule has 2 rings (SSSR count). The maximum Gasteiger partial charge on any atom is 0.327 e. The minimum atomic E-state index is -1.25. The topological polar surface area (TPSA) is 183 Å². The van der Waals surface area contributed by atoms with Crippen molar-refractivity contribution in [1.29, 1.82) is 0 Å². The number of carbonyl (C=O) groups is 4. The molecule has 12 heteroatoms. The van der Waals surface area contributed by atoms with Crippen LogP contribution >= 0.6 is 12.6 Å². The molecule has 1 saturated heterocycles. The smallest absolute Gasteiger partial charge is 0.327 e. The number of amides is 3. The summed E-state index contributed by atoms with van der Waals surface area (Å²) in [7, 11) is 0. The van der Waals surface area contributed by atoms with Gasteiger partial charge in [0.05, 0.1) is 6.04 Å². The van der Waals surface area contributed by atoms with E-state index in [-0.39, 0.29) is 29.9 Å². The Morgan fingerprint density at radius 1 is 1.03 bits per heavy atom. The molecule has 1 aliphatic heterocycles. The first-order chi connectivity index (χ1) is 16.7. The molecule has 0 aliphatic carbocycles. The molecule has 0 bridgehead atoms. The van der Waals surface area contributed by atoms with Crippen LogP contribution in [0.2, 0.25) is 0 Å². The highest BCUT2D eigenvalue weighted by atomic mass is 32.1.